The maximum Gasteiger partial charge on any atom is 0.337 e. The van der Waals surface area contributed by atoms with E-state index < -0.39 is 12.3 Å². The Morgan fingerprint density at radius 3 is 2.68 bits per heavy atom. The van der Waals surface area contributed by atoms with E-state index in [0.29, 0.717) is 44.4 Å². The minimum atomic E-state index is -0.606. The first-order valence-electron chi connectivity index (χ1n) is 12.7. The smallest absolute Gasteiger partial charge is 0.337 e. The third-order valence-electron chi connectivity index (χ3n) is 6.55. The molecule has 3 N–H and O–H groups in total. The Labute approximate surface area is 221 Å². The summed E-state index contributed by atoms with van der Waals surface area (Å²) in [6, 6.07) is 13.0. The van der Waals surface area contributed by atoms with Crippen LogP contribution in [-0.2, 0) is 25.4 Å². The largest absolute Gasteiger partial charge is 0.497 e. The monoisotopic (exact) mass is 522 g/mol. The second kappa shape index (κ2) is 13.1. The van der Waals surface area contributed by atoms with Crippen LogP contribution in [0.2, 0.25) is 0 Å². The van der Waals surface area contributed by atoms with Gasteiger partial charge in [-0.15, -0.1) is 0 Å². The second-order valence-corrected chi connectivity index (χ2v) is 9.07. The molecule has 0 saturated carbocycles. The number of aliphatic hydroxyl groups is 1. The quantitative estimate of drug-likeness (QED) is 0.244. The van der Waals surface area contributed by atoms with E-state index in [9.17, 15) is 9.59 Å². The molecule has 0 radical (unpaired) electrons. The number of benzene rings is 2. The van der Waals surface area contributed by atoms with E-state index in [1.165, 1.54) is 7.11 Å². The van der Waals surface area contributed by atoms with E-state index in [0.717, 1.165) is 27.8 Å². The Kier molecular flexibility index (Phi) is 9.40. The fourth-order valence-electron chi connectivity index (χ4n) is 4.45. The van der Waals surface area contributed by atoms with Crippen molar-refractivity contribution in [3.8, 4) is 5.75 Å². The van der Waals surface area contributed by atoms with E-state index in [2.05, 4.69) is 10.3 Å². The van der Waals surface area contributed by atoms with Crippen LogP contribution in [0.5, 0.6) is 5.75 Å². The third-order valence-corrected chi connectivity index (χ3v) is 6.55. The summed E-state index contributed by atoms with van der Waals surface area (Å²) in [5, 5.41) is 13.0. The number of ether oxygens (including phenoxy) is 4. The number of aromatic amines is 1. The van der Waals surface area contributed by atoms with E-state index in [4.69, 9.17) is 24.1 Å². The molecule has 4 rings (SSSR count). The predicted molar refractivity (Wildman–Crippen MR) is 142 cm³/mol. The van der Waals surface area contributed by atoms with Crippen LogP contribution >= 0.6 is 0 Å². The number of carbonyl (C=O) groups excluding carboxylic acids is 2. The van der Waals surface area contributed by atoms with Crippen LogP contribution in [-0.4, -0.2) is 62.2 Å². The molecule has 2 atom stereocenters. The van der Waals surface area contributed by atoms with Gasteiger partial charge in [-0.2, -0.15) is 0 Å². The van der Waals surface area contributed by atoms with Crippen molar-refractivity contribution in [1.82, 2.24) is 10.3 Å². The molecule has 1 amide bonds. The number of methoxy groups -OCH3 is 2. The Morgan fingerprint density at radius 2 is 1.95 bits per heavy atom. The van der Waals surface area contributed by atoms with Crippen LogP contribution in [0, 0.1) is 0 Å². The van der Waals surface area contributed by atoms with Crippen LogP contribution in [0.15, 0.2) is 60.5 Å². The molecule has 9 nitrogen and oxygen atoms in total. The first-order valence-corrected chi connectivity index (χ1v) is 12.7. The van der Waals surface area contributed by atoms with Gasteiger partial charge < -0.3 is 34.4 Å². The van der Waals surface area contributed by atoms with Gasteiger partial charge in [0.15, 0.2) is 5.76 Å². The van der Waals surface area contributed by atoms with Crippen molar-refractivity contribution >= 4 is 22.8 Å². The van der Waals surface area contributed by atoms with Gasteiger partial charge in [-0.25, -0.2) is 4.79 Å². The van der Waals surface area contributed by atoms with Crippen molar-refractivity contribution in [1.29, 1.82) is 0 Å². The Morgan fingerprint density at radius 1 is 1.13 bits per heavy atom. The minimum absolute atomic E-state index is 0.0980. The number of allylic oxidation sites excluding steroid dienone is 1. The topological polar surface area (TPSA) is 119 Å². The lowest BCUT2D eigenvalue weighted by molar-refractivity contribution is -0.146. The molecule has 0 unspecified atom stereocenters. The zero-order chi connectivity index (χ0) is 26.9. The molecule has 2 aromatic carbocycles. The molecule has 0 bridgehead atoms. The minimum Gasteiger partial charge on any atom is -0.497 e. The maximum absolute atomic E-state index is 13.1. The van der Waals surface area contributed by atoms with Gasteiger partial charge in [0, 0.05) is 42.6 Å². The normalized spacial score (nSPS) is 17.0. The third kappa shape index (κ3) is 6.73. The highest BCUT2D eigenvalue weighted by atomic mass is 16.7. The summed E-state index contributed by atoms with van der Waals surface area (Å²) in [6.07, 6.45) is 5.61. The molecule has 2 heterocycles. The molecule has 1 aliphatic heterocycles. The van der Waals surface area contributed by atoms with E-state index >= 15 is 0 Å². The molecule has 9 heteroatoms. The van der Waals surface area contributed by atoms with Crippen molar-refractivity contribution in [2.75, 3.05) is 34.0 Å². The Hall–Kier alpha value is -3.82. The van der Waals surface area contributed by atoms with Gasteiger partial charge in [-0.1, -0.05) is 12.1 Å². The van der Waals surface area contributed by atoms with Crippen molar-refractivity contribution in [3.63, 3.8) is 0 Å². The number of carbonyl (C=O) groups is 2. The average molecular weight is 523 g/mol. The highest BCUT2D eigenvalue weighted by Crippen LogP contribution is 2.32. The number of H-pyrrole nitrogens is 1. The molecule has 1 aromatic heterocycles. The number of nitrogens with one attached hydrogen (secondary N) is 2. The second-order valence-electron chi connectivity index (χ2n) is 9.07. The molecule has 0 saturated heterocycles. The van der Waals surface area contributed by atoms with Crippen LogP contribution in [0.25, 0.3) is 10.9 Å². The summed E-state index contributed by atoms with van der Waals surface area (Å²) < 4.78 is 21.9. The van der Waals surface area contributed by atoms with Crippen molar-refractivity contribution in [3.05, 3.63) is 77.2 Å². The first kappa shape index (κ1) is 27.2. The number of hydrogen-bond acceptors (Lipinski definition) is 7. The molecule has 0 aliphatic carbocycles. The van der Waals surface area contributed by atoms with Gasteiger partial charge >= 0.3 is 5.97 Å². The molecule has 1 aliphatic rings. The molecule has 3 aromatic rings. The predicted octanol–water partition coefficient (Wildman–Crippen LogP) is 3.83. The molecule has 38 heavy (non-hydrogen) atoms. The number of aromatic nitrogens is 1. The number of esters is 1. The molecule has 202 valence electrons. The summed E-state index contributed by atoms with van der Waals surface area (Å²) in [6.45, 7) is 0.934. The van der Waals surface area contributed by atoms with Crippen LogP contribution in [0.1, 0.15) is 46.7 Å². The number of fused-ring (bicyclic) bond motifs is 1. The zero-order valence-corrected chi connectivity index (χ0v) is 21.7. The van der Waals surface area contributed by atoms with Gasteiger partial charge in [0.25, 0.3) is 5.91 Å². The van der Waals surface area contributed by atoms with Gasteiger partial charge in [0.05, 0.1) is 26.4 Å². The SMILES string of the molecule is COC(=O)c1ccc([C@H]2C=C(C(=O)NCCc3c[nH]c4ccc(OC)cc34)O[C@@H](OCCCCO)C2)cc1. The summed E-state index contributed by atoms with van der Waals surface area (Å²) in [5.74, 6) is 0.116. The number of rotatable bonds is 12. The lowest BCUT2D eigenvalue weighted by Crippen LogP contribution is -2.34. The number of amides is 1. The number of aliphatic hydroxyl groups excluding tert-OH is 1. The van der Waals surface area contributed by atoms with E-state index in [1.807, 2.05) is 36.5 Å². The zero-order valence-electron chi connectivity index (χ0n) is 21.7. The van der Waals surface area contributed by atoms with Crippen molar-refractivity contribution in [2.24, 2.45) is 0 Å². The Bertz CT molecular complexity index is 1270. The average Bonchev–Trinajstić information content (AvgIpc) is 3.36. The van der Waals surface area contributed by atoms with Gasteiger partial charge in [-0.05, 0) is 66.8 Å². The van der Waals surface area contributed by atoms with Crippen LogP contribution < -0.4 is 10.1 Å². The van der Waals surface area contributed by atoms with Crippen LogP contribution in [0.4, 0.5) is 0 Å². The Balaban J connectivity index is 1.44. The lowest BCUT2D eigenvalue weighted by Gasteiger charge is -2.29. The van der Waals surface area contributed by atoms with E-state index in [-0.39, 0.29) is 24.2 Å². The first-order chi connectivity index (χ1) is 18.5. The number of unbranched alkanes of at least 4 members (excludes halogenated alkanes) is 1. The summed E-state index contributed by atoms with van der Waals surface area (Å²) >= 11 is 0. The highest BCUT2D eigenvalue weighted by Gasteiger charge is 2.29. The molecule has 0 spiro atoms. The maximum atomic E-state index is 13.1. The molecule has 0 fully saturated rings. The summed E-state index contributed by atoms with van der Waals surface area (Å²) in [4.78, 5) is 28.1. The van der Waals surface area contributed by atoms with Gasteiger partial charge in [0.2, 0.25) is 6.29 Å². The molecular formula is C29H34N2O7. The highest BCUT2D eigenvalue weighted by molar-refractivity contribution is 5.92. The van der Waals surface area contributed by atoms with Crippen molar-refractivity contribution < 1.29 is 33.6 Å². The fraction of sp³-hybridized carbons (Fsp3) is 0.379. The van der Waals surface area contributed by atoms with Crippen molar-refractivity contribution in [2.45, 2.75) is 37.9 Å². The lowest BCUT2D eigenvalue weighted by atomic mass is 9.92. The van der Waals surface area contributed by atoms with E-state index in [1.54, 1.807) is 25.3 Å². The fourth-order valence-corrected chi connectivity index (χ4v) is 4.45. The number of hydrogen-bond donors (Lipinski definition) is 3. The summed E-state index contributed by atoms with van der Waals surface area (Å²) in [5.41, 5.74) is 3.47. The van der Waals surface area contributed by atoms with Crippen LogP contribution in [0.3, 0.4) is 0 Å². The van der Waals surface area contributed by atoms with Gasteiger partial charge in [-0.3, -0.25) is 4.79 Å². The standard InChI is InChI=1S/C29H34N2O7/c1-35-23-9-10-25-24(17-23)21(18-31-25)11-12-30-28(33)26-15-22(16-27(38-26)37-14-4-3-13-32)19-5-7-20(8-6-19)29(34)36-2/h5-10,15,17-18,22,27,31-32H,3-4,11-14,16H2,1-2H3,(H,30,33)/t22-,27+/m0/s1. The summed E-state index contributed by atoms with van der Waals surface area (Å²) in [7, 11) is 2.98. The molecular weight excluding hydrogens is 488 g/mol. The van der Waals surface area contributed by atoms with Gasteiger partial charge in [0.1, 0.15) is 5.75 Å².